The number of fused-ring (bicyclic) bond motifs is 3. The van der Waals surface area contributed by atoms with Crippen molar-refractivity contribution in [3.8, 4) is 5.69 Å². The Hall–Kier alpha value is -3.44. The van der Waals surface area contributed by atoms with Crippen LogP contribution in [0.1, 0.15) is 36.6 Å². The fraction of sp³-hybridized carbons (Fsp3) is 0.478. The standard InChI is InChI=1S/C23H30N6O5/c1-3-33-22(31)17-15-27-18-7-5-6-8-19(18)28(16-20(27)25-17)29(23(32)34-4-2)21(30)9-12-26-13-10-24-11-14-26/h5-8,15,24H,3-4,9-14,16H2,1-2H3. The quantitative estimate of drug-likeness (QED) is 0.603. The highest BCUT2D eigenvalue weighted by Gasteiger charge is 2.36. The average molecular weight is 471 g/mol. The summed E-state index contributed by atoms with van der Waals surface area (Å²) in [6, 6.07) is 7.33. The lowest BCUT2D eigenvalue weighted by Gasteiger charge is -2.38. The highest BCUT2D eigenvalue weighted by molar-refractivity contribution is 5.94. The van der Waals surface area contributed by atoms with Crippen LogP contribution in [-0.2, 0) is 20.8 Å². The molecule has 1 aromatic carbocycles. The van der Waals surface area contributed by atoms with E-state index in [2.05, 4.69) is 15.2 Å². The molecular weight excluding hydrogens is 440 g/mol. The molecule has 4 rings (SSSR count). The number of carbonyl (C=O) groups is 3. The zero-order valence-corrected chi connectivity index (χ0v) is 19.5. The monoisotopic (exact) mass is 470 g/mol. The Kier molecular flexibility index (Phi) is 7.43. The maximum atomic E-state index is 13.4. The van der Waals surface area contributed by atoms with Crippen molar-refractivity contribution in [1.82, 2.24) is 24.8 Å². The lowest BCUT2D eigenvalue weighted by Crippen LogP contribution is -2.53. The second-order valence-electron chi connectivity index (χ2n) is 7.93. The minimum absolute atomic E-state index is 0.106. The van der Waals surface area contributed by atoms with E-state index in [9.17, 15) is 14.4 Å². The number of ether oxygens (including phenoxy) is 2. The number of imide groups is 1. The first-order valence-electron chi connectivity index (χ1n) is 11.6. The van der Waals surface area contributed by atoms with Crippen molar-refractivity contribution in [3.05, 3.63) is 42.0 Å². The van der Waals surface area contributed by atoms with Crippen LogP contribution in [0, 0.1) is 0 Å². The maximum absolute atomic E-state index is 13.4. The first-order valence-corrected chi connectivity index (χ1v) is 11.6. The molecule has 2 aromatic rings. The molecule has 2 amide bonds. The van der Waals surface area contributed by atoms with Gasteiger partial charge >= 0.3 is 12.1 Å². The Morgan fingerprint density at radius 2 is 1.76 bits per heavy atom. The predicted octanol–water partition coefficient (Wildman–Crippen LogP) is 1.56. The van der Waals surface area contributed by atoms with Crippen molar-refractivity contribution in [2.24, 2.45) is 0 Å². The molecule has 1 saturated heterocycles. The highest BCUT2D eigenvalue weighted by Crippen LogP contribution is 2.33. The first kappa shape index (κ1) is 23.7. The average Bonchev–Trinajstić information content (AvgIpc) is 3.29. The highest BCUT2D eigenvalue weighted by atomic mass is 16.6. The van der Waals surface area contributed by atoms with Crippen molar-refractivity contribution < 1.29 is 23.9 Å². The van der Waals surface area contributed by atoms with Gasteiger partial charge in [0.05, 0.1) is 31.1 Å². The number of anilines is 1. The largest absolute Gasteiger partial charge is 0.461 e. The lowest BCUT2D eigenvalue weighted by atomic mass is 10.2. The van der Waals surface area contributed by atoms with Crippen molar-refractivity contribution in [2.75, 3.05) is 50.9 Å². The maximum Gasteiger partial charge on any atom is 0.436 e. The fourth-order valence-electron chi connectivity index (χ4n) is 4.14. The number of amides is 2. The van der Waals surface area contributed by atoms with Crippen LogP contribution in [0.2, 0.25) is 0 Å². The molecule has 182 valence electrons. The van der Waals surface area contributed by atoms with Crippen LogP contribution in [0.3, 0.4) is 0 Å². The van der Waals surface area contributed by atoms with Gasteiger partial charge in [-0.05, 0) is 26.0 Å². The lowest BCUT2D eigenvalue weighted by molar-refractivity contribution is -0.130. The Bertz CT molecular complexity index is 1050. The third kappa shape index (κ3) is 4.90. The van der Waals surface area contributed by atoms with E-state index in [0.717, 1.165) is 31.2 Å². The smallest absolute Gasteiger partial charge is 0.436 e. The Balaban J connectivity index is 1.64. The summed E-state index contributed by atoms with van der Waals surface area (Å²) in [6.07, 6.45) is 1.04. The van der Waals surface area contributed by atoms with E-state index in [-0.39, 0.29) is 37.8 Å². The van der Waals surface area contributed by atoms with Crippen molar-refractivity contribution in [3.63, 3.8) is 0 Å². The number of piperazine rings is 1. The van der Waals surface area contributed by atoms with Gasteiger partial charge in [0, 0.05) is 45.3 Å². The van der Waals surface area contributed by atoms with E-state index >= 15 is 0 Å². The van der Waals surface area contributed by atoms with E-state index in [1.165, 1.54) is 0 Å². The van der Waals surface area contributed by atoms with Crippen molar-refractivity contribution in [1.29, 1.82) is 0 Å². The first-order chi connectivity index (χ1) is 16.5. The number of para-hydroxylation sites is 2. The zero-order chi connectivity index (χ0) is 24.1. The summed E-state index contributed by atoms with van der Waals surface area (Å²) in [7, 11) is 0. The van der Waals surface area contributed by atoms with Crippen LogP contribution < -0.4 is 10.3 Å². The van der Waals surface area contributed by atoms with Gasteiger partial charge in [0.2, 0.25) is 0 Å². The van der Waals surface area contributed by atoms with Gasteiger partial charge in [0.15, 0.2) is 5.69 Å². The third-order valence-corrected chi connectivity index (χ3v) is 5.74. The molecule has 2 aliphatic heterocycles. The van der Waals surface area contributed by atoms with Crippen LogP contribution in [0.25, 0.3) is 5.69 Å². The van der Waals surface area contributed by atoms with Crippen molar-refractivity contribution in [2.45, 2.75) is 26.8 Å². The molecule has 0 aliphatic carbocycles. The van der Waals surface area contributed by atoms with Gasteiger partial charge in [-0.1, -0.05) is 12.1 Å². The SMILES string of the molecule is CCOC(=O)c1cn2c(n1)CN(N(C(=O)CCN1CCNCC1)C(=O)OCC)c1ccccc1-2. The Morgan fingerprint density at radius 1 is 1.06 bits per heavy atom. The molecule has 0 spiro atoms. The summed E-state index contributed by atoms with van der Waals surface area (Å²) in [5.74, 6) is -0.383. The van der Waals surface area contributed by atoms with Gasteiger partial charge in [-0.25, -0.2) is 14.6 Å². The predicted molar refractivity (Wildman–Crippen MR) is 123 cm³/mol. The zero-order valence-electron chi connectivity index (χ0n) is 19.5. The molecule has 34 heavy (non-hydrogen) atoms. The number of hydrogen-bond acceptors (Lipinski definition) is 9. The topological polar surface area (TPSA) is 109 Å². The van der Waals surface area contributed by atoms with Crippen LogP contribution in [0.5, 0.6) is 0 Å². The summed E-state index contributed by atoms with van der Waals surface area (Å²) in [5.41, 5.74) is 1.49. The molecule has 0 radical (unpaired) electrons. The molecular formula is C23H30N6O5. The molecule has 1 fully saturated rings. The number of aromatic nitrogens is 2. The minimum atomic E-state index is -0.742. The van der Waals surface area contributed by atoms with Gasteiger partial charge in [-0.15, -0.1) is 0 Å². The van der Waals surface area contributed by atoms with E-state index in [1.54, 1.807) is 29.6 Å². The minimum Gasteiger partial charge on any atom is -0.461 e. The molecule has 0 bridgehead atoms. The number of benzene rings is 1. The number of esters is 1. The number of nitrogens with one attached hydrogen (secondary N) is 1. The summed E-state index contributed by atoms with van der Waals surface area (Å²) in [6.45, 7) is 7.92. The molecule has 1 aromatic heterocycles. The molecule has 0 unspecified atom stereocenters. The third-order valence-electron chi connectivity index (χ3n) is 5.74. The van der Waals surface area contributed by atoms with Gasteiger partial charge in [0.1, 0.15) is 5.82 Å². The van der Waals surface area contributed by atoms with Gasteiger partial charge in [0.25, 0.3) is 5.91 Å². The fourth-order valence-corrected chi connectivity index (χ4v) is 4.14. The van der Waals surface area contributed by atoms with Gasteiger partial charge in [-0.3, -0.25) is 14.4 Å². The van der Waals surface area contributed by atoms with Crippen LogP contribution in [0.4, 0.5) is 10.5 Å². The number of carbonyl (C=O) groups excluding carboxylic acids is 3. The van der Waals surface area contributed by atoms with Crippen LogP contribution >= 0.6 is 0 Å². The summed E-state index contributed by atoms with van der Waals surface area (Å²) in [4.78, 5) is 45.2. The van der Waals surface area contributed by atoms with Gasteiger partial charge in [-0.2, -0.15) is 5.01 Å². The normalized spacial score (nSPS) is 15.3. The number of imidazole rings is 1. The van der Waals surface area contributed by atoms with E-state index in [1.807, 2.05) is 24.3 Å². The summed E-state index contributed by atoms with van der Waals surface area (Å²) in [5, 5.41) is 5.92. The number of rotatable bonds is 7. The molecule has 3 heterocycles. The molecule has 11 nitrogen and oxygen atoms in total. The number of nitrogens with zero attached hydrogens (tertiary/aromatic N) is 5. The summed E-state index contributed by atoms with van der Waals surface area (Å²) >= 11 is 0. The summed E-state index contributed by atoms with van der Waals surface area (Å²) < 4.78 is 12.1. The second-order valence-corrected chi connectivity index (χ2v) is 7.93. The van der Waals surface area contributed by atoms with E-state index in [0.29, 0.717) is 23.7 Å². The molecule has 2 aliphatic rings. The van der Waals surface area contributed by atoms with Gasteiger partial charge < -0.3 is 19.7 Å². The van der Waals surface area contributed by atoms with E-state index in [4.69, 9.17) is 9.47 Å². The van der Waals surface area contributed by atoms with Crippen LogP contribution in [-0.4, -0.2) is 83.4 Å². The molecule has 1 N–H and O–H groups in total. The molecule has 0 atom stereocenters. The molecule has 11 heteroatoms. The van der Waals surface area contributed by atoms with Crippen molar-refractivity contribution >= 4 is 23.7 Å². The number of hydrogen-bond donors (Lipinski definition) is 1. The second kappa shape index (κ2) is 10.7. The Labute approximate surface area is 198 Å². The Morgan fingerprint density at radius 3 is 2.47 bits per heavy atom. The van der Waals surface area contributed by atoms with E-state index < -0.39 is 12.1 Å². The molecule has 0 saturated carbocycles. The van der Waals surface area contributed by atoms with Crippen LogP contribution in [0.15, 0.2) is 30.5 Å². The number of hydrazine groups is 1.